The molecule has 0 radical (unpaired) electrons. The van der Waals surface area contributed by atoms with Gasteiger partial charge in [0.1, 0.15) is 0 Å². The summed E-state index contributed by atoms with van der Waals surface area (Å²) in [5.41, 5.74) is 0. The average molecular weight is 403 g/mol. The Labute approximate surface area is 170 Å². The minimum atomic E-state index is -2.11. The van der Waals surface area contributed by atoms with Crippen LogP contribution in [0.3, 0.4) is 0 Å². The second-order valence-corrected chi connectivity index (χ2v) is 19.7. The molecular weight excluding hydrogens is 355 g/mol. The van der Waals surface area contributed by atoms with Gasteiger partial charge in [0.15, 0.2) is 0 Å². The van der Waals surface area contributed by atoms with E-state index < -0.39 is 16.6 Å². The van der Waals surface area contributed by atoms with Crippen LogP contribution in [-0.4, -0.2) is 32.9 Å². The van der Waals surface area contributed by atoms with Gasteiger partial charge < -0.3 is 9.59 Å². The Morgan fingerprint density at radius 1 is 0.640 bits per heavy atom. The predicted octanol–water partition coefficient (Wildman–Crippen LogP) is 5.64. The van der Waals surface area contributed by atoms with E-state index in [4.69, 9.17) is 0 Å². The molecule has 0 amide bonds. The predicted molar refractivity (Wildman–Crippen MR) is 118 cm³/mol. The molecule has 0 heterocycles. The van der Waals surface area contributed by atoms with E-state index >= 15 is 0 Å². The Morgan fingerprint density at radius 2 is 0.880 bits per heavy atom. The van der Waals surface area contributed by atoms with Crippen LogP contribution in [0.4, 0.5) is 0 Å². The second kappa shape index (κ2) is 14.0. The Hall–Kier alpha value is 0.886. The topological polar surface area (TPSA) is 46.1 Å². The zero-order valence-electron chi connectivity index (χ0n) is 19.3. The van der Waals surface area contributed by atoms with Crippen molar-refractivity contribution in [2.45, 2.75) is 129 Å². The van der Waals surface area contributed by atoms with Crippen molar-refractivity contribution in [2.75, 3.05) is 0 Å². The zero-order chi connectivity index (χ0) is 20.9. The number of hydrogen-bond donors (Lipinski definition) is 0. The van der Waals surface area contributed by atoms with Gasteiger partial charge in [0, 0.05) is 0 Å². The van der Waals surface area contributed by atoms with E-state index in [2.05, 4.69) is 23.2 Å². The summed E-state index contributed by atoms with van der Waals surface area (Å²) in [6.07, 6.45) is 8.51. The molecule has 2 nitrogen and oxygen atoms in total. The van der Waals surface area contributed by atoms with E-state index in [-0.39, 0.29) is 10.1 Å². The fraction of sp³-hybridized carbons (Fsp3) is 1.00. The van der Waals surface area contributed by atoms with Gasteiger partial charge in [0.05, 0.1) is 0 Å². The molecule has 0 unspecified atom stereocenters. The van der Waals surface area contributed by atoms with Crippen LogP contribution in [0.15, 0.2) is 0 Å². The van der Waals surface area contributed by atoms with E-state index in [0.717, 1.165) is 0 Å². The SMILES string of the molecule is CC(C)(C)[Si](C)(C)[O-].CC(C)(C)[Si](C)(C)[O-].CCCCCCC[CH2][Al+2]. The first-order valence-corrected chi connectivity index (χ1v) is 16.7. The zero-order valence-corrected chi connectivity index (χ0v) is 22.5. The fourth-order valence-electron chi connectivity index (χ4n) is 0.925. The van der Waals surface area contributed by atoms with Crippen LogP contribution >= 0.6 is 0 Å². The van der Waals surface area contributed by atoms with Gasteiger partial charge in [-0.25, -0.2) is 0 Å². The first-order chi connectivity index (χ1) is 10.9. The summed E-state index contributed by atoms with van der Waals surface area (Å²) in [6.45, 7) is 21.8. The van der Waals surface area contributed by atoms with Crippen molar-refractivity contribution in [3.8, 4) is 0 Å². The fourth-order valence-corrected chi connectivity index (χ4v) is 1.21. The van der Waals surface area contributed by atoms with Crippen LogP contribution in [0.25, 0.3) is 0 Å². The molecule has 0 rings (SSSR count). The molecule has 0 atom stereocenters. The molecule has 5 heteroatoms. The third-order valence-corrected chi connectivity index (χ3v) is 12.8. The molecule has 0 aromatic carbocycles. The number of hydrogen-bond acceptors (Lipinski definition) is 2. The molecule has 0 aromatic rings. The minimum absolute atomic E-state index is 0.0208. The Kier molecular flexibility index (Phi) is 17.1. The molecule has 0 spiro atoms. The van der Waals surface area contributed by atoms with E-state index in [1.807, 2.05) is 67.7 Å². The van der Waals surface area contributed by atoms with Gasteiger partial charge in [-0.15, -0.1) is 0 Å². The molecule has 0 aliphatic heterocycles. The first-order valence-electron chi connectivity index (χ1n) is 10.0. The van der Waals surface area contributed by atoms with Crippen molar-refractivity contribution >= 4 is 32.9 Å². The van der Waals surface area contributed by atoms with Crippen molar-refractivity contribution in [1.29, 1.82) is 0 Å². The monoisotopic (exact) mass is 402 g/mol. The van der Waals surface area contributed by atoms with Crippen LogP contribution in [0, 0.1) is 0 Å². The van der Waals surface area contributed by atoms with Gasteiger partial charge in [-0.1, -0.05) is 77.8 Å². The van der Waals surface area contributed by atoms with Gasteiger partial charge in [-0.3, -0.25) is 0 Å². The van der Waals surface area contributed by atoms with Crippen molar-refractivity contribution in [3.63, 3.8) is 0 Å². The summed E-state index contributed by atoms with van der Waals surface area (Å²) in [5, 5.41) is 1.33. The molecule has 0 fully saturated rings. The van der Waals surface area contributed by atoms with Gasteiger partial charge >= 0.3 is 67.0 Å². The molecule has 0 saturated heterocycles. The van der Waals surface area contributed by atoms with Crippen molar-refractivity contribution in [1.82, 2.24) is 0 Å². The Balaban J connectivity index is -0.000000291. The van der Waals surface area contributed by atoms with E-state index in [1.54, 1.807) is 0 Å². The third-order valence-electron chi connectivity index (χ3n) is 5.17. The molecule has 0 bridgehead atoms. The summed E-state index contributed by atoms with van der Waals surface area (Å²) in [4.78, 5) is 22.5. The molecule has 0 aromatic heterocycles. The quantitative estimate of drug-likeness (QED) is 0.426. The van der Waals surface area contributed by atoms with Crippen molar-refractivity contribution in [2.24, 2.45) is 0 Å². The normalized spacial score (nSPS) is 12.8. The number of rotatable bonds is 6. The molecule has 0 aliphatic carbocycles. The molecule has 0 aliphatic rings. The summed E-state index contributed by atoms with van der Waals surface area (Å²) in [5.74, 6) is 0. The molecular formula is C20H47AlO2Si2. The third kappa shape index (κ3) is 21.0. The maximum atomic E-state index is 11.3. The van der Waals surface area contributed by atoms with Gasteiger partial charge in [-0.05, 0) is 16.6 Å². The van der Waals surface area contributed by atoms with Crippen LogP contribution in [0.2, 0.25) is 41.5 Å². The Morgan fingerprint density at radius 3 is 1.08 bits per heavy atom. The van der Waals surface area contributed by atoms with E-state index in [0.29, 0.717) is 0 Å². The van der Waals surface area contributed by atoms with Crippen molar-refractivity contribution < 1.29 is 9.59 Å². The first kappa shape index (κ1) is 30.6. The molecule has 0 saturated carbocycles. The molecule has 25 heavy (non-hydrogen) atoms. The van der Waals surface area contributed by atoms with Crippen LogP contribution in [0.1, 0.15) is 87.0 Å². The van der Waals surface area contributed by atoms with Gasteiger partial charge in [0.25, 0.3) is 0 Å². The number of unbranched alkanes of at least 4 members (excludes halogenated alkanes) is 5. The van der Waals surface area contributed by atoms with Gasteiger partial charge in [-0.2, -0.15) is 0 Å². The molecule has 0 N–H and O–H groups in total. The summed E-state index contributed by atoms with van der Waals surface area (Å²) >= 11 is 2.78. The summed E-state index contributed by atoms with van der Waals surface area (Å²) in [6, 6.07) is 0. The van der Waals surface area contributed by atoms with Crippen LogP contribution in [0.5, 0.6) is 0 Å². The van der Waals surface area contributed by atoms with Crippen LogP contribution < -0.4 is 9.59 Å². The Bertz CT molecular complexity index is 241. The summed E-state index contributed by atoms with van der Waals surface area (Å²) in [7, 11) is -4.22. The maximum absolute atomic E-state index is 11.3. The van der Waals surface area contributed by atoms with E-state index in [1.165, 1.54) is 43.8 Å². The summed E-state index contributed by atoms with van der Waals surface area (Å²) < 4.78 is 0. The van der Waals surface area contributed by atoms with E-state index in [9.17, 15) is 9.59 Å². The van der Waals surface area contributed by atoms with Crippen LogP contribution in [-0.2, 0) is 0 Å². The second-order valence-electron chi connectivity index (χ2n) is 10.1. The average Bonchev–Trinajstić information content (AvgIpc) is 2.35. The standard InChI is InChI=1S/C8H17.2C6H15OSi.Al/c1-3-5-7-8-6-4-2;2*1-6(2,3)8(4,5)7;/h1,3-8H2,2H3;2*1-5H3;/q;2*-1;+2. The van der Waals surface area contributed by atoms with Crippen molar-refractivity contribution in [3.05, 3.63) is 0 Å². The molecule has 150 valence electrons. The van der Waals surface area contributed by atoms with Gasteiger partial charge in [0.2, 0.25) is 0 Å².